The fourth-order valence-corrected chi connectivity index (χ4v) is 2.38. The van der Waals surface area contributed by atoms with Crippen molar-refractivity contribution in [2.75, 3.05) is 20.7 Å². The van der Waals surface area contributed by atoms with Gasteiger partial charge in [0.1, 0.15) is 5.76 Å². The number of hydrogen-bond acceptors (Lipinski definition) is 6. The maximum absolute atomic E-state index is 12.0. The number of methoxy groups -OCH3 is 1. The van der Waals surface area contributed by atoms with Crippen LogP contribution in [0.5, 0.6) is 0 Å². The lowest BCUT2D eigenvalue weighted by Crippen LogP contribution is -2.39. The number of hydrogen-bond donors (Lipinski definition) is 1. The summed E-state index contributed by atoms with van der Waals surface area (Å²) in [4.78, 5) is 11.0. The minimum Gasteiger partial charge on any atom is -0.469 e. The first-order valence-electron chi connectivity index (χ1n) is 5.97. The molecular formula is C11H19N3O5S. The Hall–Kier alpha value is -1.45. The van der Waals surface area contributed by atoms with E-state index in [1.165, 1.54) is 14.2 Å². The fraction of sp³-hybridized carbons (Fsp3) is 0.636. The highest BCUT2D eigenvalue weighted by atomic mass is 32.2. The van der Waals surface area contributed by atoms with Gasteiger partial charge in [-0.2, -0.15) is 17.4 Å². The molecule has 0 aromatic carbocycles. The van der Waals surface area contributed by atoms with Gasteiger partial charge in [-0.25, -0.2) is 0 Å². The molecule has 20 heavy (non-hydrogen) atoms. The van der Waals surface area contributed by atoms with E-state index in [2.05, 4.69) is 14.6 Å². The molecule has 1 aromatic heterocycles. The van der Waals surface area contributed by atoms with Gasteiger partial charge in [0.05, 0.1) is 19.2 Å². The highest BCUT2D eigenvalue weighted by Crippen LogP contribution is 2.12. The molecule has 0 aliphatic heterocycles. The van der Waals surface area contributed by atoms with E-state index in [9.17, 15) is 13.2 Å². The molecule has 0 aliphatic carbocycles. The number of nitrogens with zero attached hydrogens (tertiary/aromatic N) is 2. The van der Waals surface area contributed by atoms with Crippen LogP contribution in [0.25, 0.3) is 0 Å². The molecule has 0 amide bonds. The molecule has 0 saturated carbocycles. The molecule has 1 aromatic rings. The summed E-state index contributed by atoms with van der Waals surface area (Å²) < 4.78 is 36.8. The summed E-state index contributed by atoms with van der Waals surface area (Å²) in [6, 6.07) is 0. The van der Waals surface area contributed by atoms with E-state index in [0.717, 1.165) is 4.31 Å². The third-order valence-electron chi connectivity index (χ3n) is 2.88. The molecule has 0 spiro atoms. The molecule has 0 fully saturated rings. The van der Waals surface area contributed by atoms with Crippen LogP contribution in [-0.4, -0.2) is 44.6 Å². The van der Waals surface area contributed by atoms with Crippen LogP contribution in [0.4, 0.5) is 0 Å². The minimum atomic E-state index is -3.67. The van der Waals surface area contributed by atoms with E-state index in [1.54, 1.807) is 13.8 Å². The van der Waals surface area contributed by atoms with Crippen LogP contribution in [0.2, 0.25) is 0 Å². The van der Waals surface area contributed by atoms with E-state index < -0.39 is 16.2 Å². The summed E-state index contributed by atoms with van der Waals surface area (Å²) in [5.74, 6) is 0.111. The Morgan fingerprint density at radius 3 is 2.60 bits per heavy atom. The van der Waals surface area contributed by atoms with Gasteiger partial charge in [0, 0.05) is 25.7 Å². The van der Waals surface area contributed by atoms with Crippen molar-refractivity contribution in [3.8, 4) is 0 Å². The first kappa shape index (κ1) is 16.6. The fourth-order valence-electron chi connectivity index (χ4n) is 1.50. The van der Waals surface area contributed by atoms with Crippen molar-refractivity contribution in [2.24, 2.45) is 0 Å². The quantitative estimate of drug-likeness (QED) is 0.718. The van der Waals surface area contributed by atoms with Crippen LogP contribution in [0.3, 0.4) is 0 Å². The average molecular weight is 305 g/mol. The minimum absolute atomic E-state index is 0.000762. The SMILES string of the molecule is COC(=O)CCN(C)S(=O)(=O)NCc1c(C)noc1C. The number of carbonyl (C=O) groups is 1. The monoisotopic (exact) mass is 305 g/mol. The first-order chi connectivity index (χ1) is 9.27. The number of ether oxygens (including phenoxy) is 1. The molecular weight excluding hydrogens is 286 g/mol. The molecule has 1 heterocycles. The molecule has 114 valence electrons. The molecule has 1 N–H and O–H groups in total. The van der Waals surface area contributed by atoms with Gasteiger partial charge in [-0.15, -0.1) is 0 Å². The Kier molecular flexibility index (Phi) is 5.66. The number of esters is 1. The van der Waals surface area contributed by atoms with Crippen LogP contribution < -0.4 is 4.72 Å². The molecule has 1 rings (SSSR count). The highest BCUT2D eigenvalue weighted by molar-refractivity contribution is 7.87. The zero-order valence-electron chi connectivity index (χ0n) is 12.0. The molecule has 0 saturated heterocycles. The second kappa shape index (κ2) is 6.82. The van der Waals surface area contributed by atoms with Crippen LogP contribution in [-0.2, 0) is 26.3 Å². The first-order valence-corrected chi connectivity index (χ1v) is 7.41. The zero-order valence-corrected chi connectivity index (χ0v) is 12.8. The summed E-state index contributed by atoms with van der Waals surface area (Å²) in [5.41, 5.74) is 1.34. The Morgan fingerprint density at radius 1 is 1.45 bits per heavy atom. The highest BCUT2D eigenvalue weighted by Gasteiger charge is 2.20. The number of carbonyl (C=O) groups excluding carboxylic acids is 1. The smallest absolute Gasteiger partial charge is 0.306 e. The Balaban J connectivity index is 2.59. The van der Waals surface area contributed by atoms with Gasteiger partial charge in [0.15, 0.2) is 0 Å². The molecule has 9 heteroatoms. The third kappa shape index (κ3) is 4.29. The van der Waals surface area contributed by atoms with Crippen LogP contribution in [0, 0.1) is 13.8 Å². The van der Waals surface area contributed by atoms with Crippen molar-refractivity contribution >= 4 is 16.2 Å². The van der Waals surface area contributed by atoms with Gasteiger partial charge in [0.2, 0.25) is 0 Å². The predicted octanol–water partition coefficient (Wildman–Crippen LogP) is 0.121. The summed E-state index contributed by atoms with van der Waals surface area (Å²) in [7, 11) is -1.02. The van der Waals surface area contributed by atoms with Gasteiger partial charge in [-0.1, -0.05) is 5.16 Å². The van der Waals surface area contributed by atoms with Crippen molar-refractivity contribution in [1.82, 2.24) is 14.2 Å². The van der Waals surface area contributed by atoms with E-state index in [0.29, 0.717) is 17.0 Å². The Morgan fingerprint density at radius 2 is 2.10 bits per heavy atom. The normalized spacial score (nSPS) is 11.8. The van der Waals surface area contributed by atoms with Gasteiger partial charge in [0.25, 0.3) is 10.2 Å². The van der Waals surface area contributed by atoms with E-state index in [4.69, 9.17) is 4.52 Å². The topological polar surface area (TPSA) is 102 Å². The van der Waals surface area contributed by atoms with Crippen molar-refractivity contribution in [2.45, 2.75) is 26.8 Å². The van der Waals surface area contributed by atoms with Gasteiger partial charge < -0.3 is 9.26 Å². The third-order valence-corrected chi connectivity index (χ3v) is 4.39. The predicted molar refractivity (Wildman–Crippen MR) is 71.0 cm³/mol. The van der Waals surface area contributed by atoms with Crippen LogP contribution >= 0.6 is 0 Å². The summed E-state index contributed by atoms with van der Waals surface area (Å²) >= 11 is 0. The van der Waals surface area contributed by atoms with E-state index in [1.807, 2.05) is 0 Å². The standard InChI is InChI=1S/C11H19N3O5S/c1-8-10(9(2)19-13-8)7-12-20(16,17)14(3)6-5-11(15)18-4/h12H,5-7H2,1-4H3. The number of rotatable bonds is 7. The summed E-state index contributed by atoms with van der Waals surface area (Å²) in [6.07, 6.45) is -0.000762. The maximum Gasteiger partial charge on any atom is 0.306 e. The van der Waals surface area contributed by atoms with Crippen molar-refractivity contribution < 1.29 is 22.5 Å². The summed E-state index contributed by atoms with van der Waals surface area (Å²) in [5, 5.41) is 3.75. The maximum atomic E-state index is 12.0. The Bertz CT molecular complexity index is 547. The average Bonchev–Trinajstić information content (AvgIpc) is 2.72. The van der Waals surface area contributed by atoms with Crippen molar-refractivity contribution in [3.63, 3.8) is 0 Å². The van der Waals surface area contributed by atoms with Crippen LogP contribution in [0.15, 0.2) is 4.52 Å². The number of nitrogens with one attached hydrogen (secondary N) is 1. The molecule has 0 unspecified atom stereocenters. The van der Waals surface area contributed by atoms with E-state index >= 15 is 0 Å². The van der Waals surface area contributed by atoms with Gasteiger partial charge in [-0.3, -0.25) is 4.79 Å². The molecule has 0 aliphatic rings. The molecule has 0 atom stereocenters. The zero-order chi connectivity index (χ0) is 15.3. The lowest BCUT2D eigenvalue weighted by Gasteiger charge is -2.16. The second-order valence-electron chi connectivity index (χ2n) is 4.28. The number of aryl methyl sites for hydroxylation is 2. The molecule has 0 radical (unpaired) electrons. The summed E-state index contributed by atoms with van der Waals surface area (Å²) in [6.45, 7) is 3.58. The number of aromatic nitrogens is 1. The molecule has 0 bridgehead atoms. The van der Waals surface area contributed by atoms with Crippen molar-refractivity contribution in [3.05, 3.63) is 17.0 Å². The van der Waals surface area contributed by atoms with Gasteiger partial charge >= 0.3 is 5.97 Å². The van der Waals surface area contributed by atoms with Crippen molar-refractivity contribution in [1.29, 1.82) is 0 Å². The molecule has 8 nitrogen and oxygen atoms in total. The largest absolute Gasteiger partial charge is 0.469 e. The van der Waals surface area contributed by atoms with Crippen LogP contribution in [0.1, 0.15) is 23.4 Å². The Labute approximate surface area is 118 Å². The second-order valence-corrected chi connectivity index (χ2v) is 6.14. The lowest BCUT2D eigenvalue weighted by atomic mass is 10.2. The van der Waals surface area contributed by atoms with E-state index in [-0.39, 0.29) is 19.5 Å². The lowest BCUT2D eigenvalue weighted by molar-refractivity contribution is -0.140. The van der Waals surface area contributed by atoms with Gasteiger partial charge in [-0.05, 0) is 13.8 Å².